The van der Waals surface area contributed by atoms with Crippen molar-refractivity contribution in [1.29, 1.82) is 5.26 Å². The lowest BCUT2D eigenvalue weighted by atomic mass is 9.97. The van der Waals surface area contributed by atoms with Crippen molar-refractivity contribution in [2.45, 2.75) is 12.8 Å². The maximum atomic E-state index is 11.9. The van der Waals surface area contributed by atoms with Crippen LogP contribution in [0.4, 0.5) is 11.6 Å². The largest absolute Gasteiger partial charge is 0.437 e. The van der Waals surface area contributed by atoms with E-state index in [1.165, 1.54) is 0 Å². The SMILES string of the molecule is CN(C)C(=O)CN1CCC(CNc2nccc(/C(C#N)=C3\Nc4ccccc4O3)n2)CC1. The Morgan fingerprint density at radius 1 is 1.31 bits per heavy atom. The molecule has 1 amide bonds. The molecule has 0 aliphatic carbocycles. The van der Waals surface area contributed by atoms with Gasteiger partial charge < -0.3 is 20.3 Å². The molecule has 1 fully saturated rings. The number of hydrogen-bond acceptors (Lipinski definition) is 8. The van der Waals surface area contributed by atoms with Crippen LogP contribution in [0.25, 0.3) is 5.57 Å². The predicted octanol–water partition coefficient (Wildman–Crippen LogP) is 2.39. The Morgan fingerprint density at radius 2 is 2.09 bits per heavy atom. The van der Waals surface area contributed by atoms with Crippen LogP contribution in [0.5, 0.6) is 5.75 Å². The van der Waals surface area contributed by atoms with E-state index in [2.05, 4.69) is 31.6 Å². The van der Waals surface area contributed by atoms with Crippen molar-refractivity contribution in [3.05, 3.63) is 48.1 Å². The number of carbonyl (C=O) groups is 1. The van der Waals surface area contributed by atoms with Gasteiger partial charge in [0, 0.05) is 26.8 Å². The lowest BCUT2D eigenvalue weighted by Gasteiger charge is -2.32. The van der Waals surface area contributed by atoms with Gasteiger partial charge in [-0.15, -0.1) is 0 Å². The van der Waals surface area contributed by atoms with E-state index in [1.54, 1.807) is 31.3 Å². The van der Waals surface area contributed by atoms with E-state index >= 15 is 0 Å². The number of likely N-dealkylation sites (N-methyl/N-ethyl adjacent to an activating group) is 1. The van der Waals surface area contributed by atoms with Gasteiger partial charge in [-0.1, -0.05) is 12.1 Å². The number of nitrogens with zero attached hydrogens (tertiary/aromatic N) is 5. The molecule has 9 heteroatoms. The number of nitriles is 1. The summed E-state index contributed by atoms with van der Waals surface area (Å²) in [5, 5.41) is 16.2. The number of para-hydroxylation sites is 2. The fourth-order valence-corrected chi connectivity index (χ4v) is 3.75. The van der Waals surface area contributed by atoms with Crippen molar-refractivity contribution < 1.29 is 9.53 Å². The molecule has 9 nitrogen and oxygen atoms in total. The normalized spacial score (nSPS) is 17.5. The van der Waals surface area contributed by atoms with Gasteiger partial charge in [0.05, 0.1) is 17.9 Å². The number of amides is 1. The van der Waals surface area contributed by atoms with Gasteiger partial charge in [-0.2, -0.15) is 5.26 Å². The molecule has 0 bridgehead atoms. The van der Waals surface area contributed by atoms with Crippen LogP contribution in [0.15, 0.2) is 42.4 Å². The molecule has 1 aromatic heterocycles. The highest BCUT2D eigenvalue weighted by Crippen LogP contribution is 2.35. The van der Waals surface area contributed by atoms with Gasteiger partial charge in [-0.25, -0.2) is 9.97 Å². The Bertz CT molecular complexity index is 1030. The highest BCUT2D eigenvalue weighted by molar-refractivity contribution is 5.81. The zero-order valence-electron chi connectivity index (χ0n) is 18.3. The summed E-state index contributed by atoms with van der Waals surface area (Å²) in [4.78, 5) is 24.6. The number of rotatable bonds is 6. The minimum Gasteiger partial charge on any atom is -0.437 e. The van der Waals surface area contributed by atoms with Crippen molar-refractivity contribution in [2.24, 2.45) is 5.92 Å². The Balaban J connectivity index is 1.35. The third-order valence-electron chi connectivity index (χ3n) is 5.71. The second kappa shape index (κ2) is 9.66. The van der Waals surface area contributed by atoms with E-state index in [-0.39, 0.29) is 5.91 Å². The summed E-state index contributed by atoms with van der Waals surface area (Å²) in [6, 6.07) is 11.4. The molecule has 0 radical (unpaired) electrons. The summed E-state index contributed by atoms with van der Waals surface area (Å²) in [5.41, 5.74) is 1.64. The van der Waals surface area contributed by atoms with Crippen molar-refractivity contribution in [1.82, 2.24) is 19.8 Å². The number of benzene rings is 1. The number of nitrogens with one attached hydrogen (secondary N) is 2. The number of fused-ring (bicyclic) bond motifs is 1. The molecular formula is C23H27N7O2. The molecular weight excluding hydrogens is 406 g/mol. The van der Waals surface area contributed by atoms with Crippen LogP contribution in [0.2, 0.25) is 0 Å². The molecule has 0 unspecified atom stereocenters. The molecule has 0 atom stereocenters. The number of allylic oxidation sites excluding steroid dienone is 1. The number of likely N-dealkylation sites (tertiary alicyclic amines) is 1. The van der Waals surface area contributed by atoms with Crippen molar-refractivity contribution >= 4 is 23.1 Å². The topological polar surface area (TPSA) is 106 Å². The lowest BCUT2D eigenvalue weighted by Crippen LogP contribution is -2.42. The third-order valence-corrected chi connectivity index (χ3v) is 5.71. The highest BCUT2D eigenvalue weighted by atomic mass is 16.5. The first kappa shape index (κ1) is 21.6. The first-order valence-corrected chi connectivity index (χ1v) is 10.7. The fourth-order valence-electron chi connectivity index (χ4n) is 3.75. The summed E-state index contributed by atoms with van der Waals surface area (Å²) in [6.45, 7) is 3.03. The number of ether oxygens (including phenoxy) is 1. The molecule has 4 rings (SSSR count). The van der Waals surface area contributed by atoms with Gasteiger partial charge in [0.2, 0.25) is 17.7 Å². The average molecular weight is 434 g/mol. The molecule has 0 saturated carbocycles. The molecule has 1 saturated heterocycles. The van der Waals surface area contributed by atoms with Crippen LogP contribution in [-0.2, 0) is 4.79 Å². The molecule has 32 heavy (non-hydrogen) atoms. The molecule has 2 aliphatic heterocycles. The molecule has 1 aromatic carbocycles. The Kier molecular flexibility index (Phi) is 6.52. The zero-order valence-corrected chi connectivity index (χ0v) is 18.3. The van der Waals surface area contributed by atoms with E-state index in [4.69, 9.17) is 4.74 Å². The van der Waals surface area contributed by atoms with Gasteiger partial charge in [0.1, 0.15) is 11.6 Å². The second-order valence-corrected chi connectivity index (χ2v) is 8.19. The minimum atomic E-state index is 0.137. The summed E-state index contributed by atoms with van der Waals surface area (Å²) < 4.78 is 5.80. The van der Waals surface area contributed by atoms with E-state index < -0.39 is 0 Å². The number of carbonyl (C=O) groups excluding carboxylic acids is 1. The van der Waals surface area contributed by atoms with Crippen molar-refractivity contribution in [2.75, 3.05) is 50.9 Å². The predicted molar refractivity (Wildman–Crippen MR) is 122 cm³/mol. The minimum absolute atomic E-state index is 0.137. The fraction of sp³-hybridized carbons (Fsp3) is 0.391. The Labute approximate surface area is 187 Å². The van der Waals surface area contributed by atoms with Crippen molar-refractivity contribution in [3.63, 3.8) is 0 Å². The van der Waals surface area contributed by atoms with Crippen LogP contribution in [-0.4, -0.2) is 65.9 Å². The van der Waals surface area contributed by atoms with Crippen LogP contribution in [0.3, 0.4) is 0 Å². The molecule has 2 N–H and O–H groups in total. The Hall–Kier alpha value is -3.64. The first-order chi connectivity index (χ1) is 15.5. The van der Waals surface area contributed by atoms with Gasteiger partial charge >= 0.3 is 0 Å². The second-order valence-electron chi connectivity index (χ2n) is 8.19. The molecule has 166 valence electrons. The van der Waals surface area contributed by atoms with Crippen molar-refractivity contribution in [3.8, 4) is 11.8 Å². The van der Waals surface area contributed by atoms with E-state index in [1.807, 2.05) is 24.3 Å². The van der Waals surface area contributed by atoms with Gasteiger partial charge in [0.25, 0.3) is 0 Å². The zero-order chi connectivity index (χ0) is 22.5. The Morgan fingerprint density at radius 3 is 2.81 bits per heavy atom. The standard InChI is InChI=1S/C23H27N7O2/c1-29(2)21(31)15-30-11-8-16(9-12-30)14-26-23-25-10-7-18(28-23)17(13-24)22-27-19-5-3-4-6-20(19)32-22/h3-7,10,16,27H,8-9,11-12,14-15H2,1-2H3,(H,25,26,28)/b22-17+. The maximum absolute atomic E-state index is 11.9. The average Bonchev–Trinajstić information content (AvgIpc) is 3.23. The monoisotopic (exact) mass is 433 g/mol. The van der Waals surface area contributed by atoms with Crippen LogP contribution in [0, 0.1) is 17.2 Å². The van der Waals surface area contributed by atoms with Crippen LogP contribution >= 0.6 is 0 Å². The van der Waals surface area contributed by atoms with E-state index in [0.29, 0.717) is 41.3 Å². The number of hydrogen-bond donors (Lipinski definition) is 2. The van der Waals surface area contributed by atoms with Gasteiger partial charge in [0.15, 0.2) is 5.75 Å². The lowest BCUT2D eigenvalue weighted by molar-refractivity contribution is -0.130. The third kappa shape index (κ3) is 4.98. The van der Waals surface area contributed by atoms with E-state index in [0.717, 1.165) is 38.2 Å². The molecule has 0 spiro atoms. The first-order valence-electron chi connectivity index (χ1n) is 10.7. The summed E-state index contributed by atoms with van der Waals surface area (Å²) in [6.07, 6.45) is 3.66. The van der Waals surface area contributed by atoms with Gasteiger partial charge in [-0.05, 0) is 50.0 Å². The number of piperidine rings is 1. The van der Waals surface area contributed by atoms with Crippen LogP contribution < -0.4 is 15.4 Å². The molecule has 2 aliphatic rings. The maximum Gasteiger partial charge on any atom is 0.236 e. The van der Waals surface area contributed by atoms with Crippen LogP contribution in [0.1, 0.15) is 18.5 Å². The summed E-state index contributed by atoms with van der Waals surface area (Å²) in [7, 11) is 3.57. The number of aromatic nitrogens is 2. The van der Waals surface area contributed by atoms with Gasteiger partial charge in [-0.3, -0.25) is 9.69 Å². The quantitative estimate of drug-likeness (QED) is 0.669. The summed E-state index contributed by atoms with van der Waals surface area (Å²) in [5.74, 6) is 2.16. The highest BCUT2D eigenvalue weighted by Gasteiger charge is 2.23. The van der Waals surface area contributed by atoms with E-state index in [9.17, 15) is 10.1 Å². The molecule has 3 heterocycles. The molecule has 2 aromatic rings. The smallest absolute Gasteiger partial charge is 0.236 e. The summed E-state index contributed by atoms with van der Waals surface area (Å²) >= 11 is 0. The number of anilines is 2.